The molecule has 134 valence electrons. The third-order valence-electron chi connectivity index (χ3n) is 4.44. The number of ether oxygens (including phenoxy) is 2. The van der Waals surface area contributed by atoms with E-state index in [1.165, 1.54) is 7.11 Å². The van der Waals surface area contributed by atoms with Crippen LogP contribution in [0.15, 0.2) is 35.9 Å². The molecule has 0 aliphatic heterocycles. The molecule has 0 fully saturated rings. The van der Waals surface area contributed by atoms with Gasteiger partial charge < -0.3 is 14.6 Å². The number of methoxy groups -OCH3 is 1. The van der Waals surface area contributed by atoms with Crippen molar-refractivity contribution in [2.75, 3.05) is 13.7 Å². The lowest BCUT2D eigenvalue weighted by Crippen LogP contribution is -2.13. The number of fused-ring (bicyclic) bond motifs is 1. The van der Waals surface area contributed by atoms with Crippen LogP contribution >= 0.6 is 0 Å². The molecule has 0 heterocycles. The monoisotopic (exact) mass is 352 g/mol. The van der Waals surface area contributed by atoms with E-state index < -0.39 is 5.97 Å². The van der Waals surface area contributed by atoms with Crippen LogP contribution in [0.25, 0.3) is 6.08 Å². The number of aryl methyl sites for hydroxylation is 2. The Kier molecular flexibility index (Phi) is 4.80. The Morgan fingerprint density at radius 1 is 1.23 bits per heavy atom. The number of allylic oxidation sites excluding steroid dienone is 1. The first-order valence-corrected chi connectivity index (χ1v) is 8.27. The van der Waals surface area contributed by atoms with Crippen molar-refractivity contribution in [3.05, 3.63) is 63.7 Å². The summed E-state index contributed by atoms with van der Waals surface area (Å²) < 4.78 is 10.1. The summed E-state index contributed by atoms with van der Waals surface area (Å²) in [6.07, 6.45) is 2.26. The highest BCUT2D eigenvalue weighted by molar-refractivity contribution is 6.16. The topological polar surface area (TPSA) is 72.8 Å². The van der Waals surface area contributed by atoms with E-state index in [0.29, 0.717) is 28.9 Å². The van der Waals surface area contributed by atoms with Crippen LogP contribution in [0.2, 0.25) is 0 Å². The zero-order valence-corrected chi connectivity index (χ0v) is 15.0. The van der Waals surface area contributed by atoms with Crippen LogP contribution in [-0.2, 0) is 16.0 Å². The van der Waals surface area contributed by atoms with Crippen molar-refractivity contribution in [1.29, 1.82) is 0 Å². The minimum atomic E-state index is -0.441. The molecule has 0 atom stereocenters. The Hall–Kier alpha value is -3.08. The first-order valence-electron chi connectivity index (χ1n) is 8.27. The molecular weight excluding hydrogens is 332 g/mol. The van der Waals surface area contributed by atoms with Gasteiger partial charge in [0, 0.05) is 23.1 Å². The largest absolute Gasteiger partial charge is 0.508 e. The lowest BCUT2D eigenvalue weighted by atomic mass is 10.0. The molecule has 0 radical (unpaired) electrons. The zero-order chi connectivity index (χ0) is 18.8. The van der Waals surface area contributed by atoms with Gasteiger partial charge in [-0.1, -0.05) is 12.1 Å². The van der Waals surface area contributed by atoms with Gasteiger partial charge in [0.1, 0.15) is 11.5 Å². The second-order valence-corrected chi connectivity index (χ2v) is 6.33. The zero-order valence-electron chi connectivity index (χ0n) is 15.0. The molecule has 5 heteroatoms. The SMILES string of the molecule is COC(=O)COc1c(C)cc(C=C2Cc3c(O)cccc3C2=O)cc1C. The highest BCUT2D eigenvalue weighted by Crippen LogP contribution is 2.34. The van der Waals surface area contributed by atoms with Gasteiger partial charge in [-0.25, -0.2) is 4.79 Å². The van der Waals surface area contributed by atoms with Crippen LogP contribution in [0.5, 0.6) is 11.5 Å². The smallest absolute Gasteiger partial charge is 0.343 e. The van der Waals surface area contributed by atoms with Crippen LogP contribution in [0.3, 0.4) is 0 Å². The minimum absolute atomic E-state index is 0.0581. The van der Waals surface area contributed by atoms with E-state index in [-0.39, 0.29) is 18.1 Å². The molecule has 1 N–H and O–H groups in total. The second kappa shape index (κ2) is 7.04. The molecular formula is C21H20O5. The van der Waals surface area contributed by atoms with Gasteiger partial charge in [-0.05, 0) is 54.8 Å². The lowest BCUT2D eigenvalue weighted by Gasteiger charge is -2.12. The maximum absolute atomic E-state index is 12.5. The summed E-state index contributed by atoms with van der Waals surface area (Å²) in [5.74, 6) is 0.288. The summed E-state index contributed by atoms with van der Waals surface area (Å²) in [6.45, 7) is 3.63. The summed E-state index contributed by atoms with van der Waals surface area (Å²) in [4.78, 5) is 23.8. The number of carbonyl (C=O) groups excluding carboxylic acids is 2. The van der Waals surface area contributed by atoms with Crippen molar-refractivity contribution in [2.24, 2.45) is 0 Å². The van der Waals surface area contributed by atoms with E-state index in [1.54, 1.807) is 18.2 Å². The molecule has 1 aliphatic rings. The number of Topliss-reactive ketones (excluding diaryl/α,β-unsaturated/α-hetero) is 1. The van der Waals surface area contributed by atoms with Crippen molar-refractivity contribution >= 4 is 17.8 Å². The fraction of sp³-hybridized carbons (Fsp3) is 0.238. The molecule has 2 aromatic carbocycles. The summed E-state index contributed by atoms with van der Waals surface area (Å²) >= 11 is 0. The minimum Gasteiger partial charge on any atom is -0.508 e. The van der Waals surface area contributed by atoms with E-state index in [2.05, 4.69) is 4.74 Å². The molecule has 0 saturated carbocycles. The fourth-order valence-electron chi connectivity index (χ4n) is 3.22. The average Bonchev–Trinajstić information content (AvgIpc) is 2.91. The van der Waals surface area contributed by atoms with Crippen LogP contribution in [0.4, 0.5) is 0 Å². The van der Waals surface area contributed by atoms with E-state index in [9.17, 15) is 14.7 Å². The number of phenolic OH excluding ortho intramolecular Hbond substituents is 1. The Bertz CT molecular complexity index is 901. The molecule has 3 rings (SSSR count). The number of phenols is 1. The fourth-order valence-corrected chi connectivity index (χ4v) is 3.22. The maximum Gasteiger partial charge on any atom is 0.343 e. The van der Waals surface area contributed by atoms with Crippen LogP contribution in [0, 0.1) is 13.8 Å². The number of esters is 1. The highest BCUT2D eigenvalue weighted by Gasteiger charge is 2.26. The number of rotatable bonds is 4. The molecule has 0 amide bonds. The summed E-state index contributed by atoms with van der Waals surface area (Å²) in [5, 5.41) is 9.95. The maximum atomic E-state index is 12.5. The molecule has 0 aromatic heterocycles. The van der Waals surface area contributed by atoms with Gasteiger partial charge in [-0.3, -0.25) is 4.79 Å². The summed E-state index contributed by atoms with van der Waals surface area (Å²) in [6, 6.07) is 8.82. The highest BCUT2D eigenvalue weighted by atomic mass is 16.6. The summed E-state index contributed by atoms with van der Waals surface area (Å²) in [7, 11) is 1.31. The number of ketones is 1. The molecule has 0 saturated heterocycles. The van der Waals surface area contributed by atoms with Crippen molar-refractivity contribution in [1.82, 2.24) is 0 Å². The van der Waals surface area contributed by atoms with Gasteiger partial charge >= 0.3 is 5.97 Å². The van der Waals surface area contributed by atoms with Crippen LogP contribution < -0.4 is 4.74 Å². The van der Waals surface area contributed by atoms with Gasteiger partial charge in [-0.2, -0.15) is 0 Å². The van der Waals surface area contributed by atoms with E-state index >= 15 is 0 Å². The third kappa shape index (κ3) is 3.33. The number of hydrogen-bond acceptors (Lipinski definition) is 5. The first kappa shape index (κ1) is 17.7. The normalized spacial score (nSPS) is 14.4. The predicted octanol–water partition coefficient (Wildman–Crippen LogP) is 3.38. The van der Waals surface area contributed by atoms with Gasteiger partial charge in [0.05, 0.1) is 7.11 Å². The molecule has 0 spiro atoms. The average molecular weight is 352 g/mol. The second-order valence-electron chi connectivity index (χ2n) is 6.33. The van der Waals surface area contributed by atoms with Crippen LogP contribution in [0.1, 0.15) is 32.6 Å². The molecule has 1 aliphatic carbocycles. The van der Waals surface area contributed by atoms with Gasteiger partial charge in [-0.15, -0.1) is 0 Å². The van der Waals surface area contributed by atoms with Crippen molar-refractivity contribution in [3.8, 4) is 11.5 Å². The first-order chi connectivity index (χ1) is 12.4. The van der Waals surface area contributed by atoms with E-state index in [0.717, 1.165) is 16.7 Å². The Morgan fingerprint density at radius 3 is 2.54 bits per heavy atom. The molecule has 26 heavy (non-hydrogen) atoms. The standard InChI is InChI=1S/C21H20O5/c1-12-7-14(8-13(2)21(12)26-11-19(23)25-3)9-15-10-17-16(20(15)24)5-4-6-18(17)22/h4-9,22H,10-11H2,1-3H3. The lowest BCUT2D eigenvalue weighted by molar-refractivity contribution is -0.142. The number of carbonyl (C=O) groups is 2. The van der Waals surface area contributed by atoms with Crippen molar-refractivity contribution in [3.63, 3.8) is 0 Å². The van der Waals surface area contributed by atoms with Crippen molar-refractivity contribution in [2.45, 2.75) is 20.3 Å². The third-order valence-corrected chi connectivity index (χ3v) is 4.44. The number of hydrogen-bond donors (Lipinski definition) is 1. The van der Waals surface area contributed by atoms with E-state index in [1.807, 2.05) is 32.1 Å². The molecule has 2 aromatic rings. The van der Waals surface area contributed by atoms with Crippen LogP contribution in [-0.4, -0.2) is 30.6 Å². The molecule has 0 unspecified atom stereocenters. The number of benzene rings is 2. The quantitative estimate of drug-likeness (QED) is 0.674. The van der Waals surface area contributed by atoms with E-state index in [4.69, 9.17) is 4.74 Å². The summed E-state index contributed by atoms with van der Waals surface area (Å²) in [5.41, 5.74) is 4.49. The van der Waals surface area contributed by atoms with Gasteiger partial charge in [0.25, 0.3) is 0 Å². The molecule has 5 nitrogen and oxygen atoms in total. The number of aromatic hydroxyl groups is 1. The van der Waals surface area contributed by atoms with Gasteiger partial charge in [0.2, 0.25) is 0 Å². The Morgan fingerprint density at radius 2 is 1.92 bits per heavy atom. The molecule has 0 bridgehead atoms. The Labute approximate surface area is 151 Å². The predicted molar refractivity (Wildman–Crippen MR) is 97.5 cm³/mol. The van der Waals surface area contributed by atoms with Crippen molar-refractivity contribution < 1.29 is 24.2 Å². The van der Waals surface area contributed by atoms with Gasteiger partial charge in [0.15, 0.2) is 12.4 Å². The Balaban J connectivity index is 1.87.